The maximum absolute atomic E-state index is 11.7. The minimum Gasteiger partial charge on any atom is -0.460 e. The minimum atomic E-state index is -1.75. The Morgan fingerprint density at radius 3 is 1.68 bits per heavy atom. The van der Waals surface area contributed by atoms with Crippen LogP contribution in [0, 0.1) is 70.7 Å². The van der Waals surface area contributed by atoms with Gasteiger partial charge in [0.25, 0.3) is 0 Å². The normalized spacial score (nSPS) is 10.4. The van der Waals surface area contributed by atoms with Gasteiger partial charge in [0.15, 0.2) is 0 Å². The summed E-state index contributed by atoms with van der Waals surface area (Å²) in [5.41, 5.74) is 5.28. The predicted octanol–water partition coefficient (Wildman–Crippen LogP) is 5.36. The van der Waals surface area contributed by atoms with E-state index in [1.165, 1.54) is 0 Å². The summed E-state index contributed by atoms with van der Waals surface area (Å²) in [6, 6.07) is 0. The fourth-order valence-corrected chi connectivity index (χ4v) is 9.06. The van der Waals surface area contributed by atoms with E-state index < -0.39 is 8.07 Å². The van der Waals surface area contributed by atoms with Crippen LogP contribution in [-0.4, -0.2) is 33.9 Å². The molecule has 0 aliphatic carbocycles. The minimum absolute atomic E-state index is 0.184. The van der Waals surface area contributed by atoms with Gasteiger partial charge in [-0.05, 0) is 88.7 Å². The Morgan fingerprint density at radius 2 is 1.24 bits per heavy atom. The largest absolute Gasteiger partial charge is 0.460 e. The molecule has 0 aliphatic rings. The van der Waals surface area contributed by atoms with Crippen molar-refractivity contribution in [2.75, 3.05) is 13.7 Å². The highest BCUT2D eigenvalue weighted by molar-refractivity contribution is 6.90. The van der Waals surface area contributed by atoms with Crippen LogP contribution < -0.4 is 0 Å². The molecule has 0 rings (SSSR count). The number of ether oxygens (including phenoxy) is 2. The molecule has 0 aromatic rings. The Bertz CT molecular complexity index is 991. The molecule has 0 aromatic heterocycles. The van der Waals surface area contributed by atoms with Crippen LogP contribution in [0.2, 0.25) is 16.6 Å². The summed E-state index contributed by atoms with van der Waals surface area (Å²) in [4.78, 5) is 11.7. The van der Waals surface area contributed by atoms with Crippen LogP contribution in [0.15, 0.2) is 0 Å². The first-order valence-corrected chi connectivity index (χ1v) is 14.1. The number of carbonyl (C=O) groups excluding carboxylic acids is 1. The maximum Gasteiger partial charge on any atom is 0.306 e. The van der Waals surface area contributed by atoms with Crippen molar-refractivity contribution in [3.05, 3.63) is 0 Å². The fourth-order valence-electron chi connectivity index (χ4n) is 3.92. The van der Waals surface area contributed by atoms with Crippen LogP contribution in [-0.2, 0) is 14.3 Å². The highest BCUT2D eigenvalue weighted by Crippen LogP contribution is 2.40. The van der Waals surface area contributed by atoms with Crippen LogP contribution in [0.1, 0.15) is 74.1 Å². The van der Waals surface area contributed by atoms with Crippen molar-refractivity contribution in [3.63, 3.8) is 0 Å². The Labute approximate surface area is 209 Å². The fraction of sp³-hybridized carbons (Fsp3) is 0.567. The molecule has 3 nitrogen and oxygen atoms in total. The van der Waals surface area contributed by atoms with E-state index in [0.717, 1.165) is 6.42 Å². The van der Waals surface area contributed by atoms with Gasteiger partial charge in [0.1, 0.15) is 14.2 Å². The molecule has 0 aromatic carbocycles. The van der Waals surface area contributed by atoms with Gasteiger partial charge in [-0.1, -0.05) is 54.4 Å². The molecular formula is C30H38O3Si. The van der Waals surface area contributed by atoms with Crippen LogP contribution in [0.3, 0.4) is 0 Å². The van der Waals surface area contributed by atoms with E-state index in [4.69, 9.17) is 9.47 Å². The highest BCUT2D eigenvalue weighted by Gasteiger charge is 2.41. The topological polar surface area (TPSA) is 35.5 Å². The number of hydrogen-bond acceptors (Lipinski definition) is 3. The molecule has 0 heterocycles. The molecule has 180 valence electrons. The van der Waals surface area contributed by atoms with Crippen molar-refractivity contribution >= 4 is 14.0 Å². The molecule has 0 radical (unpaired) electrons. The van der Waals surface area contributed by atoms with Crippen LogP contribution in [0.4, 0.5) is 0 Å². The van der Waals surface area contributed by atoms with E-state index >= 15 is 0 Å². The zero-order chi connectivity index (χ0) is 25.8. The van der Waals surface area contributed by atoms with Gasteiger partial charge in [0.2, 0.25) is 0 Å². The summed E-state index contributed by atoms with van der Waals surface area (Å²) in [6.45, 7) is 16.0. The van der Waals surface area contributed by atoms with Gasteiger partial charge >= 0.3 is 5.97 Å². The summed E-state index contributed by atoms with van der Waals surface area (Å²) >= 11 is 0. The molecule has 0 bridgehead atoms. The number of esters is 1. The van der Waals surface area contributed by atoms with Crippen molar-refractivity contribution in [3.8, 4) is 70.7 Å². The van der Waals surface area contributed by atoms with Gasteiger partial charge in [0, 0.05) is 20.0 Å². The molecule has 0 spiro atoms. The van der Waals surface area contributed by atoms with Gasteiger partial charge in [0.05, 0.1) is 6.61 Å². The second-order valence-electron chi connectivity index (χ2n) is 8.78. The highest BCUT2D eigenvalue weighted by atomic mass is 28.3. The molecule has 0 saturated carbocycles. The number of rotatable bonds is 10. The molecule has 0 N–H and O–H groups in total. The van der Waals surface area contributed by atoms with E-state index in [2.05, 4.69) is 112 Å². The van der Waals surface area contributed by atoms with E-state index in [0.29, 0.717) is 42.5 Å². The second-order valence-corrected chi connectivity index (χ2v) is 14.4. The SMILES string of the molecule is CCC(COC)OC(=O)CCCC#CC#CC#CC#CC#CC#C[Si](C(C)C)(C(C)C)C(C)C. The van der Waals surface area contributed by atoms with Gasteiger partial charge in [-0.2, -0.15) is 0 Å². The van der Waals surface area contributed by atoms with Gasteiger partial charge in [-0.3, -0.25) is 4.79 Å². The second kappa shape index (κ2) is 18.4. The quantitative estimate of drug-likeness (QED) is 0.185. The Kier molecular flexibility index (Phi) is 16.8. The van der Waals surface area contributed by atoms with Gasteiger partial charge in [-0.15, -0.1) is 5.54 Å². The van der Waals surface area contributed by atoms with Crippen molar-refractivity contribution in [1.82, 2.24) is 0 Å². The van der Waals surface area contributed by atoms with Gasteiger partial charge < -0.3 is 9.47 Å². The predicted molar refractivity (Wildman–Crippen MR) is 144 cm³/mol. The van der Waals surface area contributed by atoms with Crippen LogP contribution >= 0.6 is 0 Å². The third kappa shape index (κ3) is 12.3. The average Bonchev–Trinajstić information content (AvgIpc) is 2.77. The van der Waals surface area contributed by atoms with E-state index in [-0.39, 0.29) is 12.1 Å². The smallest absolute Gasteiger partial charge is 0.306 e. The Balaban J connectivity index is 4.58. The zero-order valence-corrected chi connectivity index (χ0v) is 23.1. The molecule has 0 saturated heterocycles. The third-order valence-corrected chi connectivity index (χ3v) is 11.9. The van der Waals surface area contributed by atoms with Crippen molar-refractivity contribution in [1.29, 1.82) is 0 Å². The number of unbranched alkanes of at least 4 members (excludes halogenated alkanes) is 1. The van der Waals surface area contributed by atoms with Crippen LogP contribution in [0.25, 0.3) is 0 Å². The molecular weight excluding hydrogens is 436 g/mol. The van der Waals surface area contributed by atoms with E-state index in [1.807, 2.05) is 6.92 Å². The van der Waals surface area contributed by atoms with Gasteiger partial charge in [-0.25, -0.2) is 0 Å². The lowest BCUT2D eigenvalue weighted by molar-refractivity contribution is -0.151. The first kappa shape index (κ1) is 31.0. The molecule has 1 unspecified atom stereocenters. The van der Waals surface area contributed by atoms with Crippen LogP contribution in [0.5, 0.6) is 0 Å². The molecule has 0 fully saturated rings. The third-order valence-electron chi connectivity index (χ3n) is 5.58. The van der Waals surface area contributed by atoms with Crippen molar-refractivity contribution in [2.45, 2.75) is 96.9 Å². The summed E-state index contributed by atoms with van der Waals surface area (Å²) in [7, 11) is -0.155. The monoisotopic (exact) mass is 474 g/mol. The first-order valence-electron chi connectivity index (χ1n) is 11.9. The number of methoxy groups -OCH3 is 1. The molecule has 0 amide bonds. The molecule has 0 aliphatic heterocycles. The Hall–Kier alpha value is -2.99. The van der Waals surface area contributed by atoms with E-state index in [1.54, 1.807) is 7.11 Å². The van der Waals surface area contributed by atoms with Crippen molar-refractivity contribution in [2.24, 2.45) is 0 Å². The molecule has 34 heavy (non-hydrogen) atoms. The molecule has 4 heteroatoms. The zero-order valence-electron chi connectivity index (χ0n) is 22.1. The summed E-state index contributed by atoms with van der Waals surface area (Å²) < 4.78 is 10.3. The number of hydrogen-bond donors (Lipinski definition) is 0. The molecule has 1 atom stereocenters. The summed E-state index contributed by atoms with van der Waals surface area (Å²) in [6.07, 6.45) is 2.08. The summed E-state index contributed by atoms with van der Waals surface area (Å²) in [5.74, 6) is 29.9. The standard InChI is InChI=1S/C30H38O3Si/c1-9-29(25-32-8)33-30(31)23-21-19-17-15-13-11-10-12-14-16-18-20-22-24-34(26(2)3,27(4)5)28(6)7/h26-29H,9,19,21,23,25H2,1-8H3. The lowest BCUT2D eigenvalue weighted by Gasteiger charge is -2.37. The lowest BCUT2D eigenvalue weighted by Crippen LogP contribution is -2.43. The average molecular weight is 475 g/mol. The maximum atomic E-state index is 11.7. The van der Waals surface area contributed by atoms with Crippen molar-refractivity contribution < 1.29 is 14.3 Å². The van der Waals surface area contributed by atoms with E-state index in [9.17, 15) is 4.79 Å². The lowest BCUT2D eigenvalue weighted by atomic mass is 10.2. The summed E-state index contributed by atoms with van der Waals surface area (Å²) in [5, 5.41) is 0. The number of carbonyl (C=O) groups is 1. The Morgan fingerprint density at radius 1 is 0.765 bits per heavy atom. The first-order chi connectivity index (χ1) is 16.2.